The molecule has 2 atom stereocenters. The number of amides is 1. The smallest absolute Gasteiger partial charge is 0.411 e. The molecule has 2 heterocycles. The lowest BCUT2D eigenvalue weighted by Gasteiger charge is -2.27. The van der Waals surface area contributed by atoms with Crippen LogP contribution in [0.25, 0.3) is 0 Å². The maximum absolute atomic E-state index is 13.8. The molecule has 0 bridgehead atoms. The Kier molecular flexibility index (Phi) is 5.96. The number of hydrogen-bond donors (Lipinski definition) is 0. The number of alkyl halides is 1. The minimum atomic E-state index is -1.20. The molecular weight excluding hydrogens is 379 g/mol. The van der Waals surface area contributed by atoms with Crippen LogP contribution in [-0.4, -0.2) is 46.1 Å². The van der Waals surface area contributed by atoms with Crippen LogP contribution in [0.15, 0.2) is 22.8 Å². The lowest BCUT2D eigenvalue weighted by molar-refractivity contribution is -0.123. The Morgan fingerprint density at radius 3 is 2.75 bits per heavy atom. The fraction of sp³-hybridized carbons (Fsp3) is 0.588. The average Bonchev–Trinajstić information content (AvgIpc) is 2.85. The molecule has 24 heavy (non-hydrogen) atoms. The van der Waals surface area contributed by atoms with Gasteiger partial charge >= 0.3 is 6.09 Å². The van der Waals surface area contributed by atoms with E-state index in [0.717, 1.165) is 5.69 Å². The molecule has 0 radical (unpaired) electrons. The van der Waals surface area contributed by atoms with Crippen molar-refractivity contribution >= 4 is 27.8 Å². The van der Waals surface area contributed by atoms with Crippen molar-refractivity contribution in [3.8, 4) is 0 Å². The fourth-order valence-electron chi connectivity index (χ4n) is 2.62. The Hall–Kier alpha value is -1.50. The predicted octanol–water partition coefficient (Wildman–Crippen LogP) is 3.69. The molecule has 1 fully saturated rings. The van der Waals surface area contributed by atoms with Gasteiger partial charge in [0, 0.05) is 18.5 Å². The second kappa shape index (κ2) is 7.59. The minimum Gasteiger partial charge on any atom is -0.444 e. The summed E-state index contributed by atoms with van der Waals surface area (Å²) in [4.78, 5) is 30.2. The zero-order chi connectivity index (χ0) is 17.9. The third-order valence-corrected chi connectivity index (χ3v) is 4.09. The number of likely N-dealkylation sites (tertiary alicyclic amines) is 1. The van der Waals surface area contributed by atoms with E-state index in [9.17, 15) is 14.0 Å². The van der Waals surface area contributed by atoms with Crippen molar-refractivity contribution in [2.45, 2.75) is 57.8 Å². The highest BCUT2D eigenvalue weighted by Gasteiger charge is 2.41. The van der Waals surface area contributed by atoms with E-state index in [1.165, 1.54) is 4.90 Å². The van der Waals surface area contributed by atoms with Gasteiger partial charge in [0.1, 0.15) is 16.4 Å². The van der Waals surface area contributed by atoms with Crippen LogP contribution in [0.4, 0.5) is 9.18 Å². The van der Waals surface area contributed by atoms with Crippen LogP contribution in [0.3, 0.4) is 0 Å². The van der Waals surface area contributed by atoms with E-state index in [4.69, 9.17) is 4.74 Å². The molecule has 0 aromatic carbocycles. The summed E-state index contributed by atoms with van der Waals surface area (Å²) < 4.78 is 19.8. The molecule has 1 amide bonds. The first kappa shape index (κ1) is 18.8. The Morgan fingerprint density at radius 1 is 1.42 bits per heavy atom. The number of rotatable bonds is 4. The number of Topliss-reactive ketones (excluding diaryl/α,β-unsaturated/α-hetero) is 1. The zero-order valence-corrected chi connectivity index (χ0v) is 15.7. The second-order valence-corrected chi connectivity index (χ2v) is 7.71. The summed E-state index contributed by atoms with van der Waals surface area (Å²) in [5.41, 5.74) is 0.0932. The summed E-state index contributed by atoms with van der Waals surface area (Å²) in [6.45, 7) is 5.12. The number of hydrogen-bond acceptors (Lipinski definition) is 4. The van der Waals surface area contributed by atoms with Crippen molar-refractivity contribution in [2.75, 3.05) is 6.54 Å². The molecule has 1 saturated heterocycles. The van der Waals surface area contributed by atoms with E-state index in [1.807, 2.05) is 12.1 Å². The number of aryl methyl sites for hydroxylation is 1. The van der Waals surface area contributed by atoms with Crippen molar-refractivity contribution in [2.24, 2.45) is 0 Å². The molecule has 1 aliphatic heterocycles. The van der Waals surface area contributed by atoms with Gasteiger partial charge in [0.25, 0.3) is 0 Å². The SMILES string of the molecule is CC(C)(C)OC(=O)N1C[C@H](F)C[C@H]1C(=O)CCc1cccc(Br)n1. The highest BCUT2D eigenvalue weighted by Crippen LogP contribution is 2.25. The minimum absolute atomic E-state index is 0.0317. The third-order valence-electron chi connectivity index (χ3n) is 3.65. The quantitative estimate of drug-likeness (QED) is 0.722. The van der Waals surface area contributed by atoms with Crippen LogP contribution in [0, 0.1) is 0 Å². The monoisotopic (exact) mass is 400 g/mol. The van der Waals surface area contributed by atoms with Crippen LogP contribution < -0.4 is 0 Å². The number of carbonyl (C=O) groups excluding carboxylic acids is 2. The van der Waals surface area contributed by atoms with Crippen molar-refractivity contribution in [3.05, 3.63) is 28.5 Å². The largest absolute Gasteiger partial charge is 0.444 e. The van der Waals surface area contributed by atoms with Gasteiger partial charge in [-0.05, 0) is 55.3 Å². The van der Waals surface area contributed by atoms with E-state index in [-0.39, 0.29) is 25.2 Å². The first-order valence-electron chi connectivity index (χ1n) is 7.93. The second-order valence-electron chi connectivity index (χ2n) is 6.90. The lowest BCUT2D eigenvalue weighted by atomic mass is 10.0. The predicted molar refractivity (Wildman–Crippen MR) is 91.5 cm³/mol. The van der Waals surface area contributed by atoms with Gasteiger partial charge in [0.15, 0.2) is 5.78 Å². The van der Waals surface area contributed by atoms with Gasteiger partial charge in [-0.25, -0.2) is 14.2 Å². The van der Waals surface area contributed by atoms with E-state index in [0.29, 0.717) is 11.0 Å². The molecule has 1 aromatic heterocycles. The van der Waals surface area contributed by atoms with Gasteiger partial charge in [-0.1, -0.05) is 6.07 Å². The maximum Gasteiger partial charge on any atom is 0.411 e. The van der Waals surface area contributed by atoms with E-state index in [2.05, 4.69) is 20.9 Å². The van der Waals surface area contributed by atoms with Crippen LogP contribution in [0.1, 0.15) is 39.3 Å². The Balaban J connectivity index is 1.99. The number of halogens is 2. The average molecular weight is 401 g/mol. The summed E-state index contributed by atoms with van der Waals surface area (Å²) in [7, 11) is 0. The van der Waals surface area contributed by atoms with Crippen LogP contribution in [-0.2, 0) is 16.0 Å². The lowest BCUT2D eigenvalue weighted by Crippen LogP contribution is -2.43. The van der Waals surface area contributed by atoms with E-state index in [1.54, 1.807) is 26.8 Å². The van der Waals surface area contributed by atoms with Gasteiger partial charge in [-0.2, -0.15) is 0 Å². The highest BCUT2D eigenvalue weighted by molar-refractivity contribution is 9.10. The first-order valence-corrected chi connectivity index (χ1v) is 8.73. The topological polar surface area (TPSA) is 59.5 Å². The summed E-state index contributed by atoms with van der Waals surface area (Å²) in [6, 6.07) is 4.72. The zero-order valence-electron chi connectivity index (χ0n) is 14.1. The summed E-state index contributed by atoms with van der Waals surface area (Å²) in [5, 5.41) is 0. The summed E-state index contributed by atoms with van der Waals surface area (Å²) >= 11 is 3.28. The molecule has 1 aliphatic rings. The van der Waals surface area contributed by atoms with Gasteiger partial charge in [-0.3, -0.25) is 9.69 Å². The molecule has 0 unspecified atom stereocenters. The molecule has 5 nitrogen and oxygen atoms in total. The first-order chi connectivity index (χ1) is 11.2. The van der Waals surface area contributed by atoms with Crippen molar-refractivity contribution in [3.63, 3.8) is 0 Å². The van der Waals surface area contributed by atoms with Crippen LogP contribution >= 0.6 is 15.9 Å². The van der Waals surface area contributed by atoms with Gasteiger partial charge in [0.2, 0.25) is 0 Å². The summed E-state index contributed by atoms with van der Waals surface area (Å²) in [6.07, 6.45) is -1.14. The highest BCUT2D eigenvalue weighted by atomic mass is 79.9. The molecule has 2 rings (SSSR count). The molecule has 132 valence electrons. The van der Waals surface area contributed by atoms with Crippen molar-refractivity contribution in [1.29, 1.82) is 0 Å². The summed E-state index contributed by atoms with van der Waals surface area (Å²) in [5.74, 6) is -0.164. The number of aromatic nitrogens is 1. The number of pyridine rings is 1. The molecule has 7 heteroatoms. The molecule has 0 saturated carbocycles. The van der Waals surface area contributed by atoms with Gasteiger partial charge < -0.3 is 4.74 Å². The number of ether oxygens (including phenoxy) is 1. The molecule has 0 N–H and O–H groups in total. The van der Waals surface area contributed by atoms with Crippen LogP contribution in [0.2, 0.25) is 0 Å². The Morgan fingerprint density at radius 2 is 2.12 bits per heavy atom. The Bertz CT molecular complexity index is 618. The van der Waals surface area contributed by atoms with E-state index >= 15 is 0 Å². The molecule has 0 spiro atoms. The van der Waals surface area contributed by atoms with Crippen LogP contribution in [0.5, 0.6) is 0 Å². The number of nitrogens with zero attached hydrogens (tertiary/aromatic N) is 2. The normalized spacial score (nSPS) is 21.0. The molecular formula is C17H22BrFN2O3. The molecule has 1 aromatic rings. The third kappa shape index (κ3) is 5.26. The fourth-order valence-corrected chi connectivity index (χ4v) is 3.00. The van der Waals surface area contributed by atoms with Gasteiger partial charge in [0.05, 0.1) is 12.6 Å². The number of carbonyl (C=O) groups is 2. The van der Waals surface area contributed by atoms with Crippen molar-refractivity contribution in [1.82, 2.24) is 9.88 Å². The Labute approximate surface area is 149 Å². The van der Waals surface area contributed by atoms with Crippen molar-refractivity contribution < 1.29 is 18.7 Å². The van der Waals surface area contributed by atoms with Gasteiger partial charge in [-0.15, -0.1) is 0 Å². The molecule has 0 aliphatic carbocycles. The number of ketones is 1. The standard InChI is InChI=1S/C17H22BrFN2O3/c1-17(2,3)24-16(23)21-10-11(19)9-13(21)14(22)8-7-12-5-4-6-15(18)20-12/h4-6,11,13H,7-10H2,1-3H3/t11-,13+/m1/s1. The van der Waals surface area contributed by atoms with E-state index < -0.39 is 23.9 Å². The maximum atomic E-state index is 13.8.